The van der Waals surface area contributed by atoms with Gasteiger partial charge in [-0.2, -0.15) is 5.26 Å². The summed E-state index contributed by atoms with van der Waals surface area (Å²) < 4.78 is 63.8. The highest BCUT2D eigenvalue weighted by molar-refractivity contribution is 6.04. The highest BCUT2D eigenvalue weighted by Crippen LogP contribution is 2.29. The van der Waals surface area contributed by atoms with Gasteiger partial charge in [0.1, 0.15) is 17.0 Å². The van der Waals surface area contributed by atoms with Gasteiger partial charge in [0.15, 0.2) is 6.10 Å². The van der Waals surface area contributed by atoms with Crippen molar-refractivity contribution in [2.75, 3.05) is 23.4 Å². The molecule has 0 spiro atoms. The molecule has 1 N–H and O–H groups in total. The molecule has 270 valence electrons. The molecule has 2 aromatic rings. The van der Waals surface area contributed by atoms with Crippen LogP contribution >= 0.6 is 0 Å². The average molecular weight is 707 g/mol. The molecule has 17 heteroatoms. The number of nitrogens with zero attached hydrogens (tertiary/aromatic N) is 3. The zero-order chi connectivity index (χ0) is 37.6. The van der Waals surface area contributed by atoms with Crippen LogP contribution in [-0.4, -0.2) is 77.8 Å². The Morgan fingerprint density at radius 1 is 1.02 bits per heavy atom. The fraction of sp³-hybridized carbons (Fsp3) is 0.455. The van der Waals surface area contributed by atoms with Crippen LogP contribution in [0.15, 0.2) is 42.5 Å². The first-order valence-corrected chi connectivity index (χ1v) is 15.1. The van der Waals surface area contributed by atoms with Gasteiger partial charge in [-0.15, -0.1) is 13.2 Å². The van der Waals surface area contributed by atoms with Gasteiger partial charge in [0.05, 0.1) is 24.8 Å². The van der Waals surface area contributed by atoms with Crippen molar-refractivity contribution in [2.45, 2.75) is 84.8 Å². The number of carbonyl (C=O) groups excluding carboxylic acids is 5. The van der Waals surface area contributed by atoms with Crippen LogP contribution < -0.4 is 15.0 Å². The van der Waals surface area contributed by atoms with Gasteiger partial charge in [-0.25, -0.2) is 14.5 Å². The van der Waals surface area contributed by atoms with E-state index >= 15 is 0 Å². The van der Waals surface area contributed by atoms with Gasteiger partial charge in [0.25, 0.3) is 11.8 Å². The maximum atomic E-state index is 13.6. The quantitative estimate of drug-likeness (QED) is 0.274. The number of nitrogens with one attached hydrogen (secondary N) is 1. The molecule has 0 radical (unpaired) electrons. The van der Waals surface area contributed by atoms with Crippen LogP contribution in [-0.2, 0) is 39.9 Å². The summed E-state index contributed by atoms with van der Waals surface area (Å²) in [6.07, 6.45) is -10.7. The summed E-state index contributed by atoms with van der Waals surface area (Å²) in [5.74, 6) is -3.48. The lowest BCUT2D eigenvalue weighted by atomic mass is 10.1. The first kappa shape index (κ1) is 39.1. The van der Waals surface area contributed by atoms with Crippen molar-refractivity contribution in [3.63, 3.8) is 0 Å². The van der Waals surface area contributed by atoms with Crippen molar-refractivity contribution in [3.05, 3.63) is 53.6 Å². The number of amides is 4. The number of hydrogen-bond donors (Lipinski definition) is 1. The molecule has 0 saturated carbocycles. The Morgan fingerprint density at radius 2 is 1.64 bits per heavy atom. The van der Waals surface area contributed by atoms with E-state index in [4.69, 9.17) is 18.9 Å². The van der Waals surface area contributed by atoms with Crippen molar-refractivity contribution >= 4 is 41.3 Å². The Bertz CT molecular complexity index is 1630. The van der Waals surface area contributed by atoms with Crippen LogP contribution in [0.5, 0.6) is 5.75 Å². The Hall–Kier alpha value is -5.37. The van der Waals surface area contributed by atoms with Crippen molar-refractivity contribution < 1.29 is 60.8 Å². The Morgan fingerprint density at radius 3 is 2.18 bits per heavy atom. The second-order valence-corrected chi connectivity index (χ2v) is 12.9. The van der Waals surface area contributed by atoms with Gasteiger partial charge < -0.3 is 33.9 Å². The van der Waals surface area contributed by atoms with Crippen LogP contribution in [0.2, 0.25) is 0 Å². The largest absolute Gasteiger partial charge is 0.573 e. The third-order valence-electron chi connectivity index (χ3n) is 6.36. The lowest BCUT2D eigenvalue weighted by Gasteiger charge is -2.35. The Balaban J connectivity index is 1.91. The minimum atomic E-state index is -4.98. The van der Waals surface area contributed by atoms with Crippen molar-refractivity contribution in [2.24, 2.45) is 0 Å². The highest BCUT2D eigenvalue weighted by atomic mass is 19.4. The first-order chi connectivity index (χ1) is 23.1. The van der Waals surface area contributed by atoms with Crippen LogP contribution in [0.4, 0.5) is 34.1 Å². The number of halogens is 3. The van der Waals surface area contributed by atoms with Gasteiger partial charge in [0, 0.05) is 30.9 Å². The number of benzene rings is 2. The summed E-state index contributed by atoms with van der Waals surface area (Å²) in [4.78, 5) is 66.9. The molecular weight excluding hydrogens is 669 g/mol. The minimum Gasteiger partial charge on any atom is -0.449 e. The Labute approximate surface area is 285 Å². The maximum absolute atomic E-state index is 13.6. The van der Waals surface area contributed by atoms with E-state index in [1.165, 1.54) is 30.3 Å². The molecule has 1 aliphatic rings. The van der Waals surface area contributed by atoms with Crippen LogP contribution in [0.3, 0.4) is 0 Å². The summed E-state index contributed by atoms with van der Waals surface area (Å²) in [6.45, 7) is 9.74. The molecule has 0 unspecified atom stereocenters. The molecule has 1 heterocycles. The minimum absolute atomic E-state index is 0.00305. The number of morpholine rings is 1. The van der Waals surface area contributed by atoms with Gasteiger partial charge >= 0.3 is 24.5 Å². The molecule has 3 rings (SSSR count). The molecule has 1 aliphatic heterocycles. The predicted molar refractivity (Wildman–Crippen MR) is 169 cm³/mol. The number of imide groups is 1. The van der Waals surface area contributed by atoms with Crippen LogP contribution in [0.25, 0.3) is 0 Å². The van der Waals surface area contributed by atoms with Gasteiger partial charge in [-0.3, -0.25) is 14.4 Å². The molecular formula is C33H37F3N4O10. The topological polar surface area (TPSA) is 174 Å². The predicted octanol–water partition coefficient (Wildman–Crippen LogP) is 5.43. The number of alkyl halides is 3. The maximum Gasteiger partial charge on any atom is 0.573 e. The fourth-order valence-corrected chi connectivity index (χ4v) is 4.49. The fourth-order valence-electron chi connectivity index (χ4n) is 4.49. The summed E-state index contributed by atoms with van der Waals surface area (Å²) in [5, 5.41) is 12.2. The van der Waals surface area contributed by atoms with Crippen molar-refractivity contribution in [1.29, 1.82) is 5.26 Å². The third-order valence-corrected chi connectivity index (χ3v) is 6.36. The van der Waals surface area contributed by atoms with E-state index in [1.54, 1.807) is 41.5 Å². The Kier molecular flexibility index (Phi) is 12.1. The van der Waals surface area contributed by atoms with E-state index < -0.39 is 72.0 Å². The van der Waals surface area contributed by atoms with E-state index in [0.717, 1.165) is 24.0 Å². The number of esters is 1. The molecule has 2 atom stereocenters. The van der Waals surface area contributed by atoms with E-state index in [9.17, 15) is 42.4 Å². The molecule has 0 aromatic heterocycles. The number of carbonyl (C=O) groups is 5. The van der Waals surface area contributed by atoms with E-state index in [1.807, 2.05) is 6.07 Å². The molecule has 1 saturated heterocycles. The molecule has 0 bridgehead atoms. The number of hydrogen-bond acceptors (Lipinski definition) is 11. The number of anilines is 2. The SMILES string of the molecule is CC(=O)O[C@@H](C(=O)Nc1ccc(C#N)c(CN(C(=O)OC(C)(C)C)C(=O)OC(C)(C)C)c1)[C@H]1OCCN(c2cccc(OC(F)(F)F)c2)C1=O. The molecule has 0 aliphatic carbocycles. The van der Waals surface area contributed by atoms with Gasteiger partial charge in [0.2, 0.25) is 6.10 Å². The van der Waals surface area contributed by atoms with Crippen molar-refractivity contribution in [1.82, 2.24) is 4.90 Å². The van der Waals surface area contributed by atoms with Crippen molar-refractivity contribution in [3.8, 4) is 11.8 Å². The third kappa shape index (κ3) is 11.4. The summed E-state index contributed by atoms with van der Waals surface area (Å²) in [6, 6.07) is 10.4. The first-order valence-electron chi connectivity index (χ1n) is 15.1. The molecule has 4 amide bonds. The smallest absolute Gasteiger partial charge is 0.449 e. The number of rotatable bonds is 8. The lowest BCUT2D eigenvalue weighted by molar-refractivity contribution is -0.274. The molecule has 2 aromatic carbocycles. The highest BCUT2D eigenvalue weighted by Gasteiger charge is 2.43. The molecule has 1 fully saturated rings. The van der Waals surface area contributed by atoms with Crippen LogP contribution in [0, 0.1) is 11.3 Å². The second-order valence-electron chi connectivity index (χ2n) is 12.9. The zero-order valence-electron chi connectivity index (χ0n) is 28.4. The summed E-state index contributed by atoms with van der Waals surface area (Å²) in [5.41, 5.74) is -1.87. The number of nitriles is 1. The standard InChI is InChI=1S/C33H37F3N4O10/c1-19(41)47-25(26-28(43)39(13-14-46-26)23-9-8-10-24(16-23)48-33(34,35)36)27(42)38-22-12-11-20(17-37)21(15-22)18-40(29(44)49-31(2,3)4)30(45)50-32(5,6)7/h8-12,15-16,25-26H,13-14,18H2,1-7H3,(H,38,42)/t25-,26-/m1/s1. The monoisotopic (exact) mass is 706 g/mol. The second kappa shape index (κ2) is 15.5. The lowest BCUT2D eigenvalue weighted by Crippen LogP contribution is -2.56. The van der Waals surface area contributed by atoms with E-state index in [2.05, 4.69) is 10.1 Å². The normalized spacial score (nSPS) is 15.7. The summed E-state index contributed by atoms with van der Waals surface area (Å²) >= 11 is 0. The van der Waals surface area contributed by atoms with Crippen LogP contribution in [0.1, 0.15) is 59.6 Å². The molecule has 14 nitrogen and oxygen atoms in total. The molecule has 50 heavy (non-hydrogen) atoms. The average Bonchev–Trinajstić information content (AvgIpc) is 2.96. The number of ether oxygens (including phenoxy) is 5. The zero-order valence-corrected chi connectivity index (χ0v) is 28.4. The van der Waals surface area contributed by atoms with E-state index in [-0.39, 0.29) is 35.7 Å². The summed E-state index contributed by atoms with van der Waals surface area (Å²) in [7, 11) is 0. The van der Waals surface area contributed by atoms with Gasteiger partial charge in [-0.05, 0) is 77.4 Å². The van der Waals surface area contributed by atoms with E-state index in [0.29, 0.717) is 4.90 Å². The van der Waals surface area contributed by atoms with Gasteiger partial charge in [-0.1, -0.05) is 6.07 Å².